The van der Waals surface area contributed by atoms with E-state index in [-0.39, 0.29) is 17.2 Å². The Labute approximate surface area is 172 Å². The van der Waals surface area contributed by atoms with Gasteiger partial charge in [-0.2, -0.15) is 0 Å². The highest BCUT2D eigenvalue weighted by molar-refractivity contribution is 7.90. The number of hydrogen-bond donors (Lipinski definition) is 4. The first-order valence-corrected chi connectivity index (χ1v) is 9.91. The zero-order valence-corrected chi connectivity index (χ0v) is 17.4. The van der Waals surface area contributed by atoms with Gasteiger partial charge in [-0.05, 0) is 38.1 Å². The number of aryl methyl sites for hydroxylation is 2. The second kappa shape index (κ2) is 9.17. The molecule has 1 aromatic heterocycles. The lowest BCUT2D eigenvalue weighted by molar-refractivity contribution is 0.0596. The van der Waals surface area contributed by atoms with Gasteiger partial charge < -0.3 is 15.4 Å². The Balaban J connectivity index is 2.31. The summed E-state index contributed by atoms with van der Waals surface area (Å²) in [5.41, 5.74) is 0.914. The maximum atomic E-state index is 12.7. The van der Waals surface area contributed by atoms with E-state index in [4.69, 9.17) is 0 Å². The van der Waals surface area contributed by atoms with Crippen molar-refractivity contribution in [3.8, 4) is 0 Å². The molecule has 0 aliphatic rings. The number of ether oxygens (including phenoxy) is 1. The molecule has 0 aliphatic carbocycles. The minimum absolute atomic E-state index is 0.0847. The molecule has 4 amide bonds. The smallest absolute Gasteiger partial charge is 0.339 e. The molecule has 0 spiro atoms. The molecule has 2 aromatic rings. The molecule has 30 heavy (non-hydrogen) atoms. The van der Waals surface area contributed by atoms with E-state index in [1.54, 1.807) is 24.6 Å². The number of urea groups is 2. The van der Waals surface area contributed by atoms with Gasteiger partial charge in [-0.1, -0.05) is 0 Å². The highest BCUT2D eigenvalue weighted by Gasteiger charge is 2.26. The number of rotatable bonds is 5. The van der Waals surface area contributed by atoms with Crippen LogP contribution in [0.4, 0.5) is 21.2 Å². The number of amides is 4. The Kier molecular flexibility index (Phi) is 6.89. The Morgan fingerprint density at radius 3 is 2.17 bits per heavy atom. The molecule has 12 nitrogen and oxygen atoms in total. The van der Waals surface area contributed by atoms with Crippen molar-refractivity contribution in [3.05, 3.63) is 41.2 Å². The zero-order chi connectivity index (χ0) is 22.5. The van der Waals surface area contributed by atoms with E-state index >= 15 is 0 Å². The van der Waals surface area contributed by atoms with Gasteiger partial charge in [0, 0.05) is 24.1 Å². The van der Waals surface area contributed by atoms with Crippen molar-refractivity contribution < 1.29 is 27.5 Å². The Morgan fingerprint density at radius 1 is 0.967 bits per heavy atom. The molecule has 2 rings (SSSR count). The first kappa shape index (κ1) is 22.5. The van der Waals surface area contributed by atoms with Crippen molar-refractivity contribution in [2.24, 2.45) is 0 Å². The maximum absolute atomic E-state index is 12.7. The summed E-state index contributed by atoms with van der Waals surface area (Å²) in [5.74, 6) is -1.06. The number of nitrogens with zero attached hydrogens (tertiary/aromatic N) is 2. The Hall–Kier alpha value is -3.74. The van der Waals surface area contributed by atoms with E-state index in [1.807, 2.05) is 0 Å². The third-order valence-corrected chi connectivity index (χ3v) is 4.98. The summed E-state index contributed by atoms with van der Waals surface area (Å²) in [6.07, 6.45) is 0. The van der Waals surface area contributed by atoms with E-state index in [2.05, 4.69) is 30.7 Å². The number of aromatic nitrogens is 2. The standard InChI is InChI=1S/C17H20N6O6S/c1-9-7-10(2)20-15(19-9)22-17(26)23-30(27,28)13-6-5-11(21-16(25)18-3)8-12(13)14(24)29-4/h5-8H,1-4H3,(H2,18,21,25)(H2,19,20,22,23,26). The number of carbonyl (C=O) groups is 3. The molecule has 0 bridgehead atoms. The largest absolute Gasteiger partial charge is 0.465 e. The van der Waals surface area contributed by atoms with Gasteiger partial charge in [-0.25, -0.2) is 37.5 Å². The first-order valence-electron chi connectivity index (χ1n) is 8.43. The van der Waals surface area contributed by atoms with E-state index in [0.717, 1.165) is 19.2 Å². The molecule has 160 valence electrons. The van der Waals surface area contributed by atoms with Gasteiger partial charge in [-0.3, -0.25) is 5.32 Å². The molecule has 0 aliphatic heterocycles. The third-order valence-electron chi connectivity index (χ3n) is 3.59. The third kappa shape index (κ3) is 5.64. The molecular formula is C17H20N6O6S. The minimum Gasteiger partial charge on any atom is -0.465 e. The fourth-order valence-electron chi connectivity index (χ4n) is 2.39. The van der Waals surface area contributed by atoms with Crippen LogP contribution in [-0.2, 0) is 14.8 Å². The van der Waals surface area contributed by atoms with Crippen LogP contribution in [0.3, 0.4) is 0 Å². The summed E-state index contributed by atoms with van der Waals surface area (Å²) < 4.78 is 31.7. The summed E-state index contributed by atoms with van der Waals surface area (Å²) in [4.78, 5) is 43.1. The minimum atomic E-state index is -4.48. The number of methoxy groups -OCH3 is 1. The van der Waals surface area contributed by atoms with Crippen molar-refractivity contribution in [1.82, 2.24) is 20.0 Å². The van der Waals surface area contributed by atoms with E-state index in [0.29, 0.717) is 11.4 Å². The van der Waals surface area contributed by atoms with Crippen LogP contribution < -0.4 is 20.7 Å². The lowest BCUT2D eigenvalue weighted by Crippen LogP contribution is -2.35. The van der Waals surface area contributed by atoms with E-state index in [9.17, 15) is 22.8 Å². The SMILES string of the molecule is CNC(=O)Nc1ccc(S(=O)(=O)NC(=O)Nc2nc(C)cc(C)n2)c(C(=O)OC)c1. The number of carbonyl (C=O) groups excluding carboxylic acids is 3. The van der Waals surface area contributed by atoms with Gasteiger partial charge >= 0.3 is 18.0 Å². The van der Waals surface area contributed by atoms with Crippen LogP contribution in [0.15, 0.2) is 29.2 Å². The summed E-state index contributed by atoms with van der Waals surface area (Å²) in [7, 11) is -2.03. The summed E-state index contributed by atoms with van der Waals surface area (Å²) >= 11 is 0. The number of sulfonamides is 1. The molecule has 0 radical (unpaired) electrons. The van der Waals surface area contributed by atoms with Gasteiger partial charge in [0.05, 0.1) is 12.7 Å². The molecule has 0 saturated heterocycles. The van der Waals surface area contributed by atoms with Crippen LogP contribution in [-0.4, -0.2) is 50.6 Å². The molecule has 1 heterocycles. The van der Waals surface area contributed by atoms with E-state index in [1.165, 1.54) is 13.1 Å². The monoisotopic (exact) mass is 436 g/mol. The van der Waals surface area contributed by atoms with Gasteiger partial charge in [0.2, 0.25) is 5.95 Å². The Bertz CT molecular complexity index is 1080. The number of anilines is 2. The molecule has 0 unspecified atom stereocenters. The van der Waals surface area contributed by atoms with Gasteiger partial charge in [-0.15, -0.1) is 0 Å². The van der Waals surface area contributed by atoms with Crippen LogP contribution in [0.1, 0.15) is 21.7 Å². The maximum Gasteiger partial charge on any atom is 0.339 e. The predicted molar refractivity (Wildman–Crippen MR) is 107 cm³/mol. The topological polar surface area (TPSA) is 168 Å². The van der Waals surface area contributed by atoms with Gasteiger partial charge in [0.25, 0.3) is 10.0 Å². The fourth-order valence-corrected chi connectivity index (χ4v) is 3.48. The van der Waals surface area contributed by atoms with Crippen LogP contribution in [0.5, 0.6) is 0 Å². The molecule has 13 heteroatoms. The molecule has 0 saturated carbocycles. The van der Waals surface area contributed by atoms with Gasteiger partial charge in [0.1, 0.15) is 4.90 Å². The van der Waals surface area contributed by atoms with Crippen molar-refractivity contribution in [1.29, 1.82) is 0 Å². The number of esters is 1. The van der Waals surface area contributed by atoms with E-state index < -0.39 is 33.0 Å². The quantitative estimate of drug-likeness (QED) is 0.506. The molecule has 1 aromatic carbocycles. The fraction of sp³-hybridized carbons (Fsp3) is 0.235. The van der Waals surface area contributed by atoms with Crippen molar-refractivity contribution >= 4 is 39.7 Å². The number of benzene rings is 1. The number of hydrogen-bond acceptors (Lipinski definition) is 8. The second-order valence-electron chi connectivity index (χ2n) is 5.94. The highest BCUT2D eigenvalue weighted by atomic mass is 32.2. The second-order valence-corrected chi connectivity index (χ2v) is 7.59. The summed E-state index contributed by atoms with van der Waals surface area (Å²) in [6.45, 7) is 3.37. The van der Waals surface area contributed by atoms with Crippen LogP contribution in [0.25, 0.3) is 0 Å². The average Bonchev–Trinajstić information content (AvgIpc) is 2.65. The average molecular weight is 436 g/mol. The first-order chi connectivity index (χ1) is 14.1. The van der Waals surface area contributed by atoms with Crippen molar-refractivity contribution in [2.75, 3.05) is 24.8 Å². The number of nitrogens with one attached hydrogen (secondary N) is 4. The molecule has 0 fully saturated rings. The summed E-state index contributed by atoms with van der Waals surface area (Å²) in [6, 6.07) is 3.40. The highest BCUT2D eigenvalue weighted by Crippen LogP contribution is 2.21. The molecular weight excluding hydrogens is 416 g/mol. The molecule has 4 N–H and O–H groups in total. The van der Waals surface area contributed by atoms with Crippen LogP contribution >= 0.6 is 0 Å². The lowest BCUT2D eigenvalue weighted by Gasteiger charge is -2.13. The molecule has 0 atom stereocenters. The predicted octanol–water partition coefficient (Wildman–Crippen LogP) is 1.14. The van der Waals surface area contributed by atoms with Crippen molar-refractivity contribution in [2.45, 2.75) is 18.7 Å². The van der Waals surface area contributed by atoms with Crippen LogP contribution in [0.2, 0.25) is 0 Å². The summed E-state index contributed by atoms with van der Waals surface area (Å²) in [5, 5.41) is 6.95. The Morgan fingerprint density at radius 2 is 1.60 bits per heavy atom. The normalized spacial score (nSPS) is 10.7. The zero-order valence-electron chi connectivity index (χ0n) is 16.6. The van der Waals surface area contributed by atoms with Crippen LogP contribution in [0, 0.1) is 13.8 Å². The van der Waals surface area contributed by atoms with Gasteiger partial charge in [0.15, 0.2) is 0 Å². The lowest BCUT2D eigenvalue weighted by atomic mass is 10.2. The van der Waals surface area contributed by atoms with Crippen molar-refractivity contribution in [3.63, 3.8) is 0 Å².